The fraction of sp³-hybridized carbons (Fsp3) is 0.538. The van der Waals surface area contributed by atoms with E-state index in [1.807, 2.05) is 7.05 Å². The highest BCUT2D eigenvalue weighted by molar-refractivity contribution is 6.29. The standard InChI is InChI=1S/C13H19ClN4O/c1-17-5-3-9(4-6-17)18(2)13(19)10-7-12(14)16-8-11(10)15/h7-9H,3-6,15H2,1-2H3. The predicted octanol–water partition coefficient (Wildman–Crippen LogP) is 1.48. The molecule has 1 saturated heterocycles. The van der Waals surface area contributed by atoms with Crippen molar-refractivity contribution >= 4 is 23.2 Å². The lowest BCUT2D eigenvalue weighted by molar-refractivity contribution is 0.0660. The number of pyridine rings is 1. The summed E-state index contributed by atoms with van der Waals surface area (Å²) in [5, 5.41) is 0.286. The van der Waals surface area contributed by atoms with Gasteiger partial charge in [-0.1, -0.05) is 11.6 Å². The molecule has 104 valence electrons. The van der Waals surface area contributed by atoms with Gasteiger partial charge in [-0.15, -0.1) is 0 Å². The number of hydrogen-bond acceptors (Lipinski definition) is 4. The van der Waals surface area contributed by atoms with Gasteiger partial charge in [0.25, 0.3) is 5.91 Å². The fourth-order valence-electron chi connectivity index (χ4n) is 2.36. The zero-order valence-electron chi connectivity index (χ0n) is 11.3. The van der Waals surface area contributed by atoms with Crippen molar-refractivity contribution in [2.75, 3.05) is 32.9 Å². The van der Waals surface area contributed by atoms with Crippen LogP contribution in [0.2, 0.25) is 5.15 Å². The molecule has 6 heteroatoms. The molecule has 5 nitrogen and oxygen atoms in total. The van der Waals surface area contributed by atoms with E-state index in [0.29, 0.717) is 11.3 Å². The zero-order valence-corrected chi connectivity index (χ0v) is 12.0. The first-order chi connectivity index (χ1) is 8.99. The molecule has 0 unspecified atom stereocenters. The normalized spacial score (nSPS) is 17.4. The second-order valence-corrected chi connectivity index (χ2v) is 5.43. The van der Waals surface area contributed by atoms with Crippen LogP contribution in [-0.4, -0.2) is 53.9 Å². The third-order valence-electron chi connectivity index (χ3n) is 3.69. The molecule has 1 aromatic heterocycles. The summed E-state index contributed by atoms with van der Waals surface area (Å²) in [5.74, 6) is -0.0867. The second kappa shape index (κ2) is 5.75. The average Bonchev–Trinajstić information content (AvgIpc) is 2.41. The molecule has 2 rings (SSSR count). The predicted molar refractivity (Wildman–Crippen MR) is 76.3 cm³/mol. The Morgan fingerprint density at radius 2 is 2.16 bits per heavy atom. The minimum absolute atomic E-state index is 0.0867. The van der Waals surface area contributed by atoms with E-state index in [1.165, 1.54) is 12.3 Å². The molecule has 0 radical (unpaired) electrons. The van der Waals surface area contributed by atoms with Crippen LogP contribution >= 0.6 is 11.6 Å². The summed E-state index contributed by atoms with van der Waals surface area (Å²) in [4.78, 5) is 20.4. The molecule has 2 N–H and O–H groups in total. The van der Waals surface area contributed by atoms with Crippen LogP contribution < -0.4 is 5.73 Å². The van der Waals surface area contributed by atoms with Gasteiger partial charge in [-0.05, 0) is 39.0 Å². The number of piperidine rings is 1. The molecule has 0 aliphatic carbocycles. The molecule has 0 spiro atoms. The summed E-state index contributed by atoms with van der Waals surface area (Å²) in [6, 6.07) is 1.79. The Morgan fingerprint density at radius 1 is 1.53 bits per heavy atom. The number of aromatic nitrogens is 1. The first kappa shape index (κ1) is 14.1. The molecule has 0 aromatic carbocycles. The van der Waals surface area contributed by atoms with Crippen molar-refractivity contribution < 1.29 is 4.79 Å². The third kappa shape index (κ3) is 3.16. The number of carbonyl (C=O) groups is 1. The maximum Gasteiger partial charge on any atom is 0.256 e. The van der Waals surface area contributed by atoms with Gasteiger partial charge >= 0.3 is 0 Å². The average molecular weight is 283 g/mol. The van der Waals surface area contributed by atoms with Crippen LogP contribution in [0, 0.1) is 0 Å². The van der Waals surface area contributed by atoms with E-state index in [9.17, 15) is 4.79 Å². The molecule has 2 heterocycles. The number of nitrogens with zero attached hydrogens (tertiary/aromatic N) is 3. The number of nitrogen functional groups attached to an aromatic ring is 1. The van der Waals surface area contributed by atoms with Crippen LogP contribution in [0.3, 0.4) is 0 Å². The number of carbonyl (C=O) groups excluding carboxylic acids is 1. The van der Waals surface area contributed by atoms with Crippen molar-refractivity contribution in [2.45, 2.75) is 18.9 Å². The van der Waals surface area contributed by atoms with Crippen molar-refractivity contribution in [1.29, 1.82) is 0 Å². The first-order valence-corrected chi connectivity index (χ1v) is 6.73. The van der Waals surface area contributed by atoms with Crippen molar-refractivity contribution in [3.8, 4) is 0 Å². The van der Waals surface area contributed by atoms with E-state index in [1.54, 1.807) is 4.90 Å². The summed E-state index contributed by atoms with van der Waals surface area (Å²) < 4.78 is 0. The topological polar surface area (TPSA) is 62.5 Å². The highest BCUT2D eigenvalue weighted by Gasteiger charge is 2.25. The second-order valence-electron chi connectivity index (χ2n) is 5.04. The molecule has 1 fully saturated rings. The van der Waals surface area contributed by atoms with E-state index in [2.05, 4.69) is 16.9 Å². The number of amides is 1. The van der Waals surface area contributed by atoms with Crippen molar-refractivity contribution in [3.63, 3.8) is 0 Å². The minimum atomic E-state index is -0.0867. The minimum Gasteiger partial charge on any atom is -0.397 e. The van der Waals surface area contributed by atoms with Crippen LogP contribution in [0.4, 0.5) is 5.69 Å². The van der Waals surface area contributed by atoms with E-state index >= 15 is 0 Å². The number of rotatable bonds is 2. The smallest absolute Gasteiger partial charge is 0.256 e. The van der Waals surface area contributed by atoms with Crippen molar-refractivity contribution in [1.82, 2.24) is 14.8 Å². The van der Waals surface area contributed by atoms with Crippen LogP contribution in [0.1, 0.15) is 23.2 Å². The van der Waals surface area contributed by atoms with Gasteiger partial charge in [0.1, 0.15) is 5.15 Å². The number of hydrogen-bond donors (Lipinski definition) is 1. The fourth-order valence-corrected chi connectivity index (χ4v) is 2.52. The largest absolute Gasteiger partial charge is 0.397 e. The van der Waals surface area contributed by atoms with Gasteiger partial charge in [0.2, 0.25) is 0 Å². The van der Waals surface area contributed by atoms with Crippen LogP contribution in [0.15, 0.2) is 12.3 Å². The summed E-state index contributed by atoms with van der Waals surface area (Å²) >= 11 is 5.83. The van der Waals surface area contributed by atoms with E-state index in [0.717, 1.165) is 25.9 Å². The van der Waals surface area contributed by atoms with Crippen LogP contribution in [0.5, 0.6) is 0 Å². The Bertz CT molecular complexity index is 472. The van der Waals surface area contributed by atoms with Crippen LogP contribution in [-0.2, 0) is 0 Å². The quantitative estimate of drug-likeness (QED) is 0.835. The molecule has 0 saturated carbocycles. The third-order valence-corrected chi connectivity index (χ3v) is 3.89. The molecule has 1 amide bonds. The SMILES string of the molecule is CN1CCC(N(C)C(=O)c2cc(Cl)ncc2N)CC1. The van der Waals surface area contributed by atoms with E-state index < -0.39 is 0 Å². The van der Waals surface area contributed by atoms with E-state index in [-0.39, 0.29) is 17.1 Å². The molecular weight excluding hydrogens is 264 g/mol. The van der Waals surface area contributed by atoms with Gasteiger partial charge < -0.3 is 15.5 Å². The number of anilines is 1. The molecule has 19 heavy (non-hydrogen) atoms. The van der Waals surface area contributed by atoms with Gasteiger partial charge in [-0.25, -0.2) is 4.98 Å². The molecule has 1 aliphatic rings. The number of likely N-dealkylation sites (tertiary alicyclic amines) is 1. The first-order valence-electron chi connectivity index (χ1n) is 6.35. The Kier molecular flexibility index (Phi) is 4.27. The highest BCUT2D eigenvalue weighted by Crippen LogP contribution is 2.21. The Morgan fingerprint density at radius 3 is 2.79 bits per heavy atom. The Balaban J connectivity index is 2.12. The maximum absolute atomic E-state index is 12.4. The highest BCUT2D eigenvalue weighted by atomic mass is 35.5. The Hall–Kier alpha value is -1.33. The molecule has 1 aliphatic heterocycles. The van der Waals surface area contributed by atoms with Gasteiger partial charge in [-0.2, -0.15) is 0 Å². The molecule has 0 bridgehead atoms. The van der Waals surface area contributed by atoms with Crippen molar-refractivity contribution in [3.05, 3.63) is 23.0 Å². The lowest BCUT2D eigenvalue weighted by atomic mass is 10.0. The van der Waals surface area contributed by atoms with Crippen LogP contribution in [0.25, 0.3) is 0 Å². The number of halogens is 1. The molecular formula is C13H19ClN4O. The number of nitrogens with two attached hydrogens (primary N) is 1. The van der Waals surface area contributed by atoms with Gasteiger partial charge in [-0.3, -0.25) is 4.79 Å². The Labute approximate surface area is 118 Å². The van der Waals surface area contributed by atoms with Crippen molar-refractivity contribution in [2.24, 2.45) is 0 Å². The van der Waals surface area contributed by atoms with Gasteiger partial charge in [0.05, 0.1) is 17.4 Å². The summed E-state index contributed by atoms with van der Waals surface area (Å²) in [6.45, 7) is 2.02. The molecule has 1 aromatic rings. The zero-order chi connectivity index (χ0) is 14.0. The van der Waals surface area contributed by atoms with Gasteiger partial charge in [0.15, 0.2) is 0 Å². The van der Waals surface area contributed by atoms with Gasteiger partial charge in [0, 0.05) is 13.1 Å². The van der Waals surface area contributed by atoms with E-state index in [4.69, 9.17) is 17.3 Å². The summed E-state index contributed by atoms with van der Waals surface area (Å²) in [6.07, 6.45) is 3.40. The lowest BCUT2D eigenvalue weighted by Gasteiger charge is -2.35. The maximum atomic E-state index is 12.4. The monoisotopic (exact) mass is 282 g/mol. The summed E-state index contributed by atoms with van der Waals surface area (Å²) in [7, 11) is 3.92. The summed E-state index contributed by atoms with van der Waals surface area (Å²) in [5.41, 5.74) is 6.60. The molecule has 0 atom stereocenters. The lowest BCUT2D eigenvalue weighted by Crippen LogP contribution is -2.44.